The minimum atomic E-state index is -4.05. The van der Waals surface area contributed by atoms with Crippen LogP contribution < -0.4 is 16.0 Å². The quantitative estimate of drug-likeness (QED) is 0.381. The van der Waals surface area contributed by atoms with Crippen molar-refractivity contribution in [3.05, 3.63) is 97.2 Å². The molecule has 1 heterocycles. The Labute approximate surface area is 209 Å². The first-order valence-electron chi connectivity index (χ1n) is 10.1. The van der Waals surface area contributed by atoms with E-state index in [1.807, 2.05) is 6.92 Å². The highest BCUT2D eigenvalue weighted by Crippen LogP contribution is 2.40. The number of phenolic OH excluding ortho intramolecular Hbond substituents is 1. The van der Waals surface area contributed by atoms with Crippen molar-refractivity contribution >= 4 is 33.0 Å². The number of halogens is 2. The number of benzene rings is 3. The van der Waals surface area contributed by atoms with Crippen LogP contribution in [-0.2, 0) is 16.3 Å². The predicted molar refractivity (Wildman–Crippen MR) is 130 cm³/mol. The number of nitrogens with zero attached hydrogens (tertiary/aromatic N) is 2. The van der Waals surface area contributed by atoms with Gasteiger partial charge in [-0.15, -0.1) is 0 Å². The summed E-state index contributed by atoms with van der Waals surface area (Å²) in [5.74, 6) is -0.425. The molecule has 0 saturated heterocycles. The minimum absolute atomic E-state index is 0.0139. The van der Waals surface area contributed by atoms with Crippen molar-refractivity contribution in [2.75, 3.05) is 0 Å². The lowest BCUT2D eigenvalue weighted by Crippen LogP contribution is -2.30. The van der Waals surface area contributed by atoms with Crippen LogP contribution in [-0.4, -0.2) is 28.3 Å². The van der Waals surface area contributed by atoms with E-state index in [1.54, 1.807) is 12.1 Å². The van der Waals surface area contributed by atoms with Crippen molar-refractivity contribution in [2.24, 2.45) is 0 Å². The maximum Gasteiger partial charge on any atom is 0.349 e. The maximum atomic E-state index is 13.1. The van der Waals surface area contributed by atoms with E-state index >= 15 is 0 Å². The van der Waals surface area contributed by atoms with Gasteiger partial charge < -0.3 is 9.84 Å². The van der Waals surface area contributed by atoms with Crippen molar-refractivity contribution in [3.63, 3.8) is 0 Å². The number of aromatic amines is 1. The Morgan fingerprint density at radius 3 is 2.29 bits per heavy atom. The molecule has 9 nitrogen and oxygen atoms in total. The topological polar surface area (TPSA) is 131 Å². The smallest absolute Gasteiger partial charge is 0.349 e. The number of nitrogens with one attached hydrogen (secondary N) is 1. The van der Waals surface area contributed by atoms with E-state index in [-0.39, 0.29) is 37.0 Å². The second kappa shape index (κ2) is 9.57. The molecule has 0 saturated carbocycles. The number of hydrogen-bond acceptors (Lipinski definition) is 7. The number of H-pyrrole nitrogens is 1. The molecule has 35 heavy (non-hydrogen) atoms. The standard InChI is InChI=1S/C23H17Cl2N3O6S/c1-2-13-3-6-16(7-4-13)35(32,33)20-11-15(5-8-19(20)29)34-22-17(24)9-14(10-18(22)25)28-23(31)27-21(30)12-26-28/h3-12,29H,2H2,1H3,(H,27,30,31). The summed E-state index contributed by atoms with van der Waals surface area (Å²) in [4.78, 5) is 25.0. The molecular weight excluding hydrogens is 517 g/mol. The molecule has 4 aromatic rings. The zero-order valence-electron chi connectivity index (χ0n) is 18.0. The lowest BCUT2D eigenvalue weighted by Gasteiger charge is -2.14. The minimum Gasteiger partial charge on any atom is -0.507 e. The number of rotatable bonds is 6. The second-order valence-electron chi connectivity index (χ2n) is 7.32. The van der Waals surface area contributed by atoms with Gasteiger partial charge in [0.1, 0.15) is 22.6 Å². The van der Waals surface area contributed by atoms with Gasteiger partial charge in [0.15, 0.2) is 5.75 Å². The van der Waals surface area contributed by atoms with Gasteiger partial charge in [-0.25, -0.2) is 13.2 Å². The Balaban J connectivity index is 1.70. The third-order valence-electron chi connectivity index (χ3n) is 5.02. The molecule has 0 fully saturated rings. The maximum absolute atomic E-state index is 13.1. The first-order chi connectivity index (χ1) is 16.6. The number of sulfone groups is 1. The van der Waals surface area contributed by atoms with Crippen LogP contribution >= 0.6 is 23.2 Å². The summed E-state index contributed by atoms with van der Waals surface area (Å²) >= 11 is 12.6. The molecule has 1 aromatic heterocycles. The number of hydrogen-bond donors (Lipinski definition) is 2. The highest BCUT2D eigenvalue weighted by Gasteiger charge is 2.23. The molecule has 4 rings (SSSR count). The van der Waals surface area contributed by atoms with Gasteiger partial charge in [-0.05, 0) is 48.4 Å². The Hall–Kier alpha value is -3.60. The Morgan fingerprint density at radius 1 is 1.03 bits per heavy atom. The summed E-state index contributed by atoms with van der Waals surface area (Å²) in [6.45, 7) is 1.95. The lowest BCUT2D eigenvalue weighted by molar-refractivity contribution is 0.448. The monoisotopic (exact) mass is 533 g/mol. The molecule has 2 N–H and O–H groups in total. The van der Waals surface area contributed by atoms with E-state index < -0.39 is 26.8 Å². The van der Waals surface area contributed by atoms with Gasteiger partial charge in [-0.3, -0.25) is 9.78 Å². The van der Waals surface area contributed by atoms with Crippen LogP contribution in [0.3, 0.4) is 0 Å². The molecule has 0 radical (unpaired) electrons. The van der Waals surface area contributed by atoms with Gasteiger partial charge in [0.2, 0.25) is 9.84 Å². The van der Waals surface area contributed by atoms with Crippen LogP contribution in [0.5, 0.6) is 17.2 Å². The fourth-order valence-corrected chi connectivity index (χ4v) is 5.14. The SMILES string of the molecule is CCc1ccc(S(=O)(=O)c2cc(Oc3c(Cl)cc(-n4ncc(=O)[nH]c4=O)cc3Cl)ccc2O)cc1. The van der Waals surface area contributed by atoms with Crippen LogP contribution in [0.1, 0.15) is 12.5 Å². The number of ether oxygens (including phenoxy) is 1. The van der Waals surface area contributed by atoms with E-state index in [4.69, 9.17) is 27.9 Å². The summed E-state index contributed by atoms with van der Waals surface area (Å²) in [6.07, 6.45) is 1.67. The lowest BCUT2D eigenvalue weighted by atomic mass is 10.2. The highest BCUT2D eigenvalue weighted by atomic mass is 35.5. The largest absolute Gasteiger partial charge is 0.507 e. The molecule has 180 valence electrons. The van der Waals surface area contributed by atoms with E-state index in [9.17, 15) is 23.1 Å². The molecule has 3 aromatic carbocycles. The normalized spacial score (nSPS) is 11.4. The number of phenols is 1. The summed E-state index contributed by atoms with van der Waals surface area (Å²) in [7, 11) is -4.05. The van der Waals surface area contributed by atoms with E-state index in [2.05, 4.69) is 10.1 Å². The summed E-state index contributed by atoms with van der Waals surface area (Å²) in [5.41, 5.74) is -0.322. The van der Waals surface area contributed by atoms with Gasteiger partial charge in [-0.2, -0.15) is 9.78 Å². The molecule has 0 aliphatic carbocycles. The zero-order valence-corrected chi connectivity index (χ0v) is 20.4. The first kappa shape index (κ1) is 24.5. The fraction of sp³-hybridized carbons (Fsp3) is 0.0870. The molecule has 0 bridgehead atoms. The Kier molecular flexibility index (Phi) is 6.70. The summed E-state index contributed by atoms with van der Waals surface area (Å²) < 4.78 is 32.9. The van der Waals surface area contributed by atoms with Crippen LogP contribution in [0.4, 0.5) is 0 Å². The van der Waals surface area contributed by atoms with Gasteiger partial charge in [0.05, 0.1) is 20.6 Å². The molecule has 0 spiro atoms. The molecule has 0 amide bonds. The van der Waals surface area contributed by atoms with Crippen molar-refractivity contribution in [1.82, 2.24) is 14.8 Å². The Morgan fingerprint density at radius 2 is 1.69 bits per heavy atom. The van der Waals surface area contributed by atoms with Crippen molar-refractivity contribution in [3.8, 4) is 22.9 Å². The molecule has 0 aliphatic rings. The van der Waals surface area contributed by atoms with Gasteiger partial charge in [0.25, 0.3) is 5.56 Å². The predicted octanol–water partition coefficient (Wildman–Crippen LogP) is 4.12. The van der Waals surface area contributed by atoms with Crippen molar-refractivity contribution in [1.29, 1.82) is 0 Å². The van der Waals surface area contributed by atoms with E-state index in [0.717, 1.165) is 28.9 Å². The average Bonchev–Trinajstić information content (AvgIpc) is 2.82. The van der Waals surface area contributed by atoms with Crippen LogP contribution in [0.15, 0.2) is 80.2 Å². The second-order valence-corrected chi connectivity index (χ2v) is 10.1. The molecule has 0 aliphatic heterocycles. The zero-order chi connectivity index (χ0) is 25.3. The molecule has 0 unspecified atom stereocenters. The van der Waals surface area contributed by atoms with Gasteiger partial charge in [-0.1, -0.05) is 42.3 Å². The number of aromatic hydroxyl groups is 1. The highest BCUT2D eigenvalue weighted by molar-refractivity contribution is 7.91. The van der Waals surface area contributed by atoms with E-state index in [0.29, 0.717) is 0 Å². The molecule has 12 heteroatoms. The average molecular weight is 534 g/mol. The van der Waals surface area contributed by atoms with Crippen LogP contribution in [0.25, 0.3) is 5.69 Å². The fourth-order valence-electron chi connectivity index (χ4n) is 3.23. The summed E-state index contributed by atoms with van der Waals surface area (Å²) in [6, 6.07) is 12.7. The van der Waals surface area contributed by atoms with E-state index in [1.165, 1.54) is 36.4 Å². The Bertz CT molecular complexity index is 1620. The van der Waals surface area contributed by atoms with Gasteiger partial charge in [0, 0.05) is 6.07 Å². The number of aromatic nitrogens is 3. The first-order valence-corrected chi connectivity index (χ1v) is 12.4. The molecular formula is C23H17Cl2N3O6S. The number of aryl methyl sites for hydroxylation is 1. The van der Waals surface area contributed by atoms with Crippen LogP contribution in [0, 0.1) is 0 Å². The van der Waals surface area contributed by atoms with Crippen molar-refractivity contribution in [2.45, 2.75) is 23.1 Å². The third-order valence-corrected chi connectivity index (χ3v) is 7.38. The van der Waals surface area contributed by atoms with Crippen molar-refractivity contribution < 1.29 is 18.3 Å². The summed E-state index contributed by atoms with van der Waals surface area (Å²) in [5, 5.41) is 14.0. The third kappa shape index (κ3) is 4.95. The van der Waals surface area contributed by atoms with Gasteiger partial charge >= 0.3 is 5.69 Å². The molecule has 0 atom stereocenters. The van der Waals surface area contributed by atoms with Crippen LogP contribution in [0.2, 0.25) is 10.0 Å².